The maximum Gasteiger partial charge on any atom is 0.325 e. The molecule has 1 amide bonds. The molecule has 5 heteroatoms. The topological polar surface area (TPSA) is 71.3 Å². The van der Waals surface area contributed by atoms with Crippen LogP contribution in [0.3, 0.4) is 0 Å². The van der Waals surface area contributed by atoms with Gasteiger partial charge in [-0.05, 0) is 31.9 Å². The van der Waals surface area contributed by atoms with Gasteiger partial charge in [-0.1, -0.05) is 0 Å². The highest BCUT2D eigenvalue weighted by atomic mass is 16.4. The Morgan fingerprint density at radius 1 is 1.56 bits per heavy atom. The molecule has 1 atom stereocenters. The van der Waals surface area contributed by atoms with Gasteiger partial charge >= 0.3 is 5.97 Å². The SMILES string of the molecule is CC(NC(=O)c1cccn1C1CC1)C(=O)O. The molecule has 1 aliphatic rings. The molecule has 1 aliphatic carbocycles. The Morgan fingerprint density at radius 2 is 2.25 bits per heavy atom. The Bertz CT molecular complexity index is 421. The average molecular weight is 222 g/mol. The van der Waals surface area contributed by atoms with Crippen molar-refractivity contribution >= 4 is 11.9 Å². The third-order valence-corrected chi connectivity index (χ3v) is 2.67. The normalized spacial score (nSPS) is 16.8. The summed E-state index contributed by atoms with van der Waals surface area (Å²) in [5.41, 5.74) is 0.538. The maximum absolute atomic E-state index is 11.8. The van der Waals surface area contributed by atoms with E-state index < -0.39 is 12.0 Å². The fourth-order valence-corrected chi connectivity index (χ4v) is 1.59. The van der Waals surface area contributed by atoms with Crippen LogP contribution in [0.25, 0.3) is 0 Å². The molecule has 0 bridgehead atoms. The first-order chi connectivity index (χ1) is 7.59. The molecule has 0 aliphatic heterocycles. The lowest BCUT2D eigenvalue weighted by Gasteiger charge is -2.11. The van der Waals surface area contributed by atoms with Crippen molar-refractivity contribution in [2.45, 2.75) is 31.8 Å². The minimum Gasteiger partial charge on any atom is -0.480 e. The van der Waals surface area contributed by atoms with Crippen LogP contribution >= 0.6 is 0 Å². The van der Waals surface area contributed by atoms with Crippen LogP contribution in [0.15, 0.2) is 18.3 Å². The summed E-state index contributed by atoms with van der Waals surface area (Å²) in [5, 5.41) is 11.1. The van der Waals surface area contributed by atoms with Crippen LogP contribution in [-0.4, -0.2) is 27.6 Å². The third-order valence-electron chi connectivity index (χ3n) is 2.67. The van der Waals surface area contributed by atoms with Gasteiger partial charge in [0, 0.05) is 12.2 Å². The number of carbonyl (C=O) groups excluding carboxylic acids is 1. The molecule has 1 aromatic heterocycles. The molecule has 1 fully saturated rings. The van der Waals surface area contributed by atoms with Crippen molar-refractivity contribution in [3.8, 4) is 0 Å². The summed E-state index contributed by atoms with van der Waals surface area (Å²) >= 11 is 0. The molecule has 1 heterocycles. The smallest absolute Gasteiger partial charge is 0.325 e. The van der Waals surface area contributed by atoms with Crippen LogP contribution in [-0.2, 0) is 4.79 Å². The van der Waals surface area contributed by atoms with E-state index in [0.29, 0.717) is 11.7 Å². The molecular weight excluding hydrogens is 208 g/mol. The first kappa shape index (κ1) is 10.7. The standard InChI is InChI=1S/C11H14N2O3/c1-7(11(15)16)12-10(14)9-3-2-6-13(9)8-4-5-8/h2-3,6-8H,4-5H2,1H3,(H,12,14)(H,15,16). The van der Waals surface area contributed by atoms with Crippen LogP contribution in [0.2, 0.25) is 0 Å². The van der Waals surface area contributed by atoms with Crippen molar-refractivity contribution in [3.63, 3.8) is 0 Å². The van der Waals surface area contributed by atoms with E-state index in [1.54, 1.807) is 12.1 Å². The first-order valence-corrected chi connectivity index (χ1v) is 5.30. The molecule has 0 saturated heterocycles. The molecule has 1 saturated carbocycles. The monoisotopic (exact) mass is 222 g/mol. The van der Waals surface area contributed by atoms with E-state index >= 15 is 0 Å². The van der Waals surface area contributed by atoms with Gasteiger partial charge in [-0.25, -0.2) is 0 Å². The van der Waals surface area contributed by atoms with Gasteiger partial charge in [-0.15, -0.1) is 0 Å². The molecule has 0 spiro atoms. The predicted molar refractivity (Wildman–Crippen MR) is 57.3 cm³/mol. The number of rotatable bonds is 4. The molecule has 2 rings (SSSR count). The molecule has 1 aromatic rings. The lowest BCUT2D eigenvalue weighted by Crippen LogP contribution is -2.39. The van der Waals surface area contributed by atoms with E-state index in [1.807, 2.05) is 10.8 Å². The first-order valence-electron chi connectivity index (χ1n) is 5.30. The summed E-state index contributed by atoms with van der Waals surface area (Å²) in [6, 6.07) is 3.06. The number of amides is 1. The number of aliphatic carboxylic acids is 1. The second-order valence-electron chi connectivity index (χ2n) is 4.07. The Morgan fingerprint density at radius 3 is 2.81 bits per heavy atom. The van der Waals surface area contributed by atoms with Crippen LogP contribution in [0.4, 0.5) is 0 Å². The third kappa shape index (κ3) is 2.08. The van der Waals surface area contributed by atoms with E-state index in [2.05, 4.69) is 5.32 Å². The Balaban J connectivity index is 2.08. The number of carboxylic acids is 1. The zero-order valence-corrected chi connectivity index (χ0v) is 9.01. The molecule has 0 aromatic carbocycles. The second-order valence-corrected chi connectivity index (χ2v) is 4.07. The summed E-state index contributed by atoms with van der Waals surface area (Å²) in [5.74, 6) is -1.36. The number of aromatic nitrogens is 1. The van der Waals surface area contributed by atoms with Crippen molar-refractivity contribution < 1.29 is 14.7 Å². The zero-order valence-electron chi connectivity index (χ0n) is 9.01. The largest absolute Gasteiger partial charge is 0.480 e. The number of carbonyl (C=O) groups is 2. The van der Waals surface area contributed by atoms with Gasteiger partial charge in [0.1, 0.15) is 11.7 Å². The van der Waals surface area contributed by atoms with Crippen LogP contribution < -0.4 is 5.32 Å². The fraction of sp³-hybridized carbons (Fsp3) is 0.455. The van der Waals surface area contributed by atoms with Crippen molar-refractivity contribution in [2.24, 2.45) is 0 Å². The van der Waals surface area contributed by atoms with Crippen LogP contribution in [0.1, 0.15) is 36.3 Å². The van der Waals surface area contributed by atoms with Gasteiger partial charge in [-0.2, -0.15) is 0 Å². The highest BCUT2D eigenvalue weighted by molar-refractivity contribution is 5.95. The number of carboxylic acid groups (broad SMARTS) is 1. The quantitative estimate of drug-likeness (QED) is 0.799. The van der Waals surface area contributed by atoms with Crippen molar-refractivity contribution in [1.29, 1.82) is 0 Å². The van der Waals surface area contributed by atoms with Gasteiger partial charge < -0.3 is 15.0 Å². The summed E-state index contributed by atoms with van der Waals surface area (Å²) in [7, 11) is 0. The molecule has 16 heavy (non-hydrogen) atoms. The van der Waals surface area contributed by atoms with Crippen molar-refractivity contribution in [2.75, 3.05) is 0 Å². The zero-order chi connectivity index (χ0) is 11.7. The van der Waals surface area contributed by atoms with Crippen molar-refractivity contribution in [1.82, 2.24) is 9.88 Å². The molecule has 2 N–H and O–H groups in total. The highest BCUT2D eigenvalue weighted by Crippen LogP contribution is 2.35. The Labute approximate surface area is 93.1 Å². The van der Waals surface area contributed by atoms with Crippen LogP contribution in [0, 0.1) is 0 Å². The summed E-state index contributed by atoms with van der Waals surface area (Å²) in [6.07, 6.45) is 4.03. The minimum atomic E-state index is -1.03. The minimum absolute atomic E-state index is 0.327. The van der Waals surface area contributed by atoms with Crippen molar-refractivity contribution in [3.05, 3.63) is 24.0 Å². The van der Waals surface area contributed by atoms with Gasteiger partial charge in [-0.3, -0.25) is 9.59 Å². The van der Waals surface area contributed by atoms with E-state index in [4.69, 9.17) is 5.11 Å². The van der Waals surface area contributed by atoms with Gasteiger partial charge in [0.25, 0.3) is 5.91 Å². The fourth-order valence-electron chi connectivity index (χ4n) is 1.59. The average Bonchev–Trinajstić information content (AvgIpc) is 2.95. The predicted octanol–water partition coefficient (Wildman–Crippen LogP) is 1.03. The molecule has 0 radical (unpaired) electrons. The maximum atomic E-state index is 11.8. The Kier molecular flexibility index (Phi) is 2.68. The lowest BCUT2D eigenvalue weighted by molar-refractivity contribution is -0.138. The lowest BCUT2D eigenvalue weighted by atomic mass is 10.3. The van der Waals surface area contributed by atoms with E-state index in [9.17, 15) is 9.59 Å². The molecule has 5 nitrogen and oxygen atoms in total. The van der Waals surface area contributed by atoms with E-state index in [1.165, 1.54) is 6.92 Å². The molecule has 1 unspecified atom stereocenters. The number of hydrogen-bond acceptors (Lipinski definition) is 2. The summed E-state index contributed by atoms with van der Waals surface area (Å²) in [4.78, 5) is 22.4. The summed E-state index contributed by atoms with van der Waals surface area (Å²) < 4.78 is 1.91. The molecular formula is C11H14N2O3. The van der Waals surface area contributed by atoms with E-state index in [0.717, 1.165) is 12.8 Å². The van der Waals surface area contributed by atoms with Gasteiger partial charge in [0.2, 0.25) is 0 Å². The van der Waals surface area contributed by atoms with Gasteiger partial charge in [0.15, 0.2) is 0 Å². The second kappa shape index (κ2) is 4.00. The number of nitrogens with zero attached hydrogens (tertiary/aromatic N) is 1. The number of nitrogens with one attached hydrogen (secondary N) is 1. The summed E-state index contributed by atoms with van der Waals surface area (Å²) in [6.45, 7) is 1.45. The molecule has 86 valence electrons. The van der Waals surface area contributed by atoms with Crippen LogP contribution in [0.5, 0.6) is 0 Å². The van der Waals surface area contributed by atoms with E-state index in [-0.39, 0.29) is 5.91 Å². The Hall–Kier alpha value is -1.78. The van der Waals surface area contributed by atoms with Gasteiger partial charge in [0.05, 0.1) is 0 Å². The highest BCUT2D eigenvalue weighted by Gasteiger charge is 2.27. The number of hydrogen-bond donors (Lipinski definition) is 2.